The summed E-state index contributed by atoms with van der Waals surface area (Å²) in [6.45, 7) is 2.63. The summed E-state index contributed by atoms with van der Waals surface area (Å²) in [5.41, 5.74) is 7.07. The molecule has 0 atom stereocenters. The quantitative estimate of drug-likeness (QED) is 0.253. The van der Waals surface area contributed by atoms with Crippen LogP contribution in [0.5, 0.6) is 0 Å². The lowest BCUT2D eigenvalue weighted by atomic mass is 10.1. The molecule has 5 nitrogen and oxygen atoms in total. The molecule has 1 saturated heterocycles. The molecule has 35 heavy (non-hydrogen) atoms. The highest BCUT2D eigenvalue weighted by Crippen LogP contribution is 2.35. The van der Waals surface area contributed by atoms with E-state index in [1.54, 1.807) is 24.3 Å². The van der Waals surface area contributed by atoms with Gasteiger partial charge in [-0.2, -0.15) is 5.01 Å². The summed E-state index contributed by atoms with van der Waals surface area (Å²) >= 11 is 13.0. The molecule has 8 heteroatoms. The van der Waals surface area contributed by atoms with E-state index in [-0.39, 0.29) is 10.2 Å². The van der Waals surface area contributed by atoms with Crippen LogP contribution in [0.25, 0.3) is 17.0 Å². The lowest BCUT2D eigenvalue weighted by molar-refractivity contribution is -0.123. The molecule has 2 heterocycles. The number of halogens is 1. The molecule has 1 aromatic heterocycles. The van der Waals surface area contributed by atoms with Gasteiger partial charge < -0.3 is 4.57 Å². The van der Waals surface area contributed by atoms with Crippen LogP contribution in [0.1, 0.15) is 27.2 Å². The Hall–Kier alpha value is -3.39. The second-order valence-corrected chi connectivity index (χ2v) is 10.1. The first-order chi connectivity index (χ1) is 16.9. The number of aromatic nitrogens is 1. The number of thiocarbonyl (C=S) groups is 1. The summed E-state index contributed by atoms with van der Waals surface area (Å²) in [5.74, 6) is -0.748. The van der Waals surface area contributed by atoms with Gasteiger partial charge in [0, 0.05) is 39.3 Å². The minimum Gasteiger partial charge on any atom is -0.340 e. The fourth-order valence-electron chi connectivity index (χ4n) is 4.09. The van der Waals surface area contributed by atoms with Crippen LogP contribution in [-0.4, -0.2) is 25.7 Å². The number of thioether (sulfide) groups is 1. The summed E-state index contributed by atoms with van der Waals surface area (Å²) in [4.78, 5) is 26.2. The third-order valence-electron chi connectivity index (χ3n) is 5.88. The second-order valence-electron chi connectivity index (χ2n) is 8.02. The lowest BCUT2D eigenvalue weighted by Crippen LogP contribution is -2.44. The summed E-state index contributed by atoms with van der Waals surface area (Å²) < 4.78 is 2.48. The van der Waals surface area contributed by atoms with Crippen molar-refractivity contribution >= 4 is 68.7 Å². The van der Waals surface area contributed by atoms with E-state index in [1.165, 1.54) is 11.8 Å². The van der Waals surface area contributed by atoms with Gasteiger partial charge in [-0.1, -0.05) is 78.0 Å². The molecule has 174 valence electrons. The molecule has 3 aromatic carbocycles. The van der Waals surface area contributed by atoms with Crippen molar-refractivity contribution in [3.05, 3.63) is 111 Å². The monoisotopic (exact) mass is 517 g/mol. The number of fused-ring (bicyclic) bond motifs is 1. The third-order valence-corrected chi connectivity index (χ3v) is 7.56. The Labute approximate surface area is 217 Å². The number of amides is 2. The van der Waals surface area contributed by atoms with Gasteiger partial charge in [-0.25, -0.2) is 0 Å². The predicted octanol–water partition coefficient (Wildman–Crippen LogP) is 6.20. The molecular weight excluding hydrogens is 498 g/mol. The Kier molecular flexibility index (Phi) is 6.47. The molecule has 0 bridgehead atoms. The van der Waals surface area contributed by atoms with Crippen molar-refractivity contribution in [1.29, 1.82) is 0 Å². The average Bonchev–Trinajstić information content (AvgIpc) is 3.29. The van der Waals surface area contributed by atoms with Crippen LogP contribution in [0, 0.1) is 6.92 Å². The number of benzene rings is 3. The molecule has 5 rings (SSSR count). The molecular formula is C27H20ClN3O2S2. The van der Waals surface area contributed by atoms with E-state index in [9.17, 15) is 9.59 Å². The number of nitrogens with zero attached hydrogens (tertiary/aromatic N) is 2. The Morgan fingerprint density at radius 1 is 1.03 bits per heavy atom. The van der Waals surface area contributed by atoms with Crippen molar-refractivity contribution in [3.8, 4) is 0 Å². The molecule has 4 aromatic rings. The first kappa shape index (κ1) is 23.4. The largest absolute Gasteiger partial charge is 0.340 e. The normalized spacial score (nSPS) is 14.8. The number of rotatable bonds is 5. The molecule has 1 fully saturated rings. The first-order valence-corrected chi connectivity index (χ1v) is 12.5. The molecule has 1 aliphatic rings. The number of para-hydroxylation sites is 1. The Balaban J connectivity index is 1.49. The van der Waals surface area contributed by atoms with E-state index >= 15 is 0 Å². The van der Waals surface area contributed by atoms with Gasteiger partial charge in [0.15, 0.2) is 4.32 Å². The number of nitrogens with one attached hydrogen (secondary N) is 1. The van der Waals surface area contributed by atoms with Gasteiger partial charge in [-0.3, -0.25) is 15.0 Å². The third kappa shape index (κ3) is 4.50. The zero-order chi connectivity index (χ0) is 24.5. The molecule has 1 aliphatic heterocycles. The van der Waals surface area contributed by atoms with Crippen LogP contribution < -0.4 is 5.43 Å². The van der Waals surface area contributed by atoms with E-state index < -0.39 is 5.91 Å². The van der Waals surface area contributed by atoms with Crippen LogP contribution in [0.3, 0.4) is 0 Å². The highest BCUT2D eigenvalue weighted by molar-refractivity contribution is 8.26. The maximum atomic E-state index is 13.2. The van der Waals surface area contributed by atoms with Gasteiger partial charge >= 0.3 is 0 Å². The SMILES string of the molecule is Cc1c(C=C2SC(=S)N(NC(=O)c3ccccc3)C2=O)c2ccccc2n1Cc1ccccc1Cl. The fourth-order valence-corrected chi connectivity index (χ4v) is 5.45. The van der Waals surface area contributed by atoms with Crippen LogP contribution in [0.2, 0.25) is 5.02 Å². The van der Waals surface area contributed by atoms with Gasteiger partial charge in [0.05, 0.1) is 4.91 Å². The molecule has 0 unspecified atom stereocenters. The van der Waals surface area contributed by atoms with Gasteiger partial charge in [0.2, 0.25) is 0 Å². The number of hydrogen-bond donors (Lipinski definition) is 1. The number of hydrogen-bond acceptors (Lipinski definition) is 4. The van der Waals surface area contributed by atoms with Crippen LogP contribution in [-0.2, 0) is 11.3 Å². The van der Waals surface area contributed by atoms with Gasteiger partial charge in [0.1, 0.15) is 0 Å². The maximum Gasteiger partial charge on any atom is 0.285 e. The van der Waals surface area contributed by atoms with Crippen molar-refractivity contribution in [2.75, 3.05) is 0 Å². The zero-order valence-electron chi connectivity index (χ0n) is 18.7. The van der Waals surface area contributed by atoms with E-state index in [4.69, 9.17) is 23.8 Å². The highest BCUT2D eigenvalue weighted by atomic mass is 35.5. The zero-order valence-corrected chi connectivity index (χ0v) is 21.1. The number of carbonyl (C=O) groups is 2. The predicted molar refractivity (Wildman–Crippen MR) is 146 cm³/mol. The topological polar surface area (TPSA) is 54.3 Å². The van der Waals surface area contributed by atoms with Crippen molar-refractivity contribution in [3.63, 3.8) is 0 Å². The summed E-state index contributed by atoms with van der Waals surface area (Å²) in [6.07, 6.45) is 1.86. The summed E-state index contributed by atoms with van der Waals surface area (Å²) in [7, 11) is 0. The van der Waals surface area contributed by atoms with Gasteiger partial charge in [-0.05, 0) is 55.0 Å². The molecule has 0 radical (unpaired) electrons. The van der Waals surface area contributed by atoms with Crippen molar-refractivity contribution in [1.82, 2.24) is 15.0 Å². The van der Waals surface area contributed by atoms with Crippen molar-refractivity contribution in [2.45, 2.75) is 13.5 Å². The molecule has 0 spiro atoms. The lowest BCUT2D eigenvalue weighted by Gasteiger charge is -2.15. The van der Waals surface area contributed by atoms with Crippen LogP contribution in [0.4, 0.5) is 0 Å². The van der Waals surface area contributed by atoms with E-state index in [0.717, 1.165) is 32.7 Å². The van der Waals surface area contributed by atoms with E-state index in [1.807, 2.05) is 61.5 Å². The van der Waals surface area contributed by atoms with E-state index in [0.29, 0.717) is 22.0 Å². The fraction of sp³-hybridized carbons (Fsp3) is 0.0741. The van der Waals surface area contributed by atoms with Gasteiger partial charge in [0.25, 0.3) is 11.8 Å². The van der Waals surface area contributed by atoms with Crippen LogP contribution in [0.15, 0.2) is 83.8 Å². The van der Waals surface area contributed by atoms with Crippen molar-refractivity contribution in [2.24, 2.45) is 0 Å². The van der Waals surface area contributed by atoms with Crippen molar-refractivity contribution < 1.29 is 9.59 Å². The smallest absolute Gasteiger partial charge is 0.285 e. The Morgan fingerprint density at radius 2 is 1.71 bits per heavy atom. The molecule has 0 saturated carbocycles. The molecule has 2 amide bonds. The average molecular weight is 518 g/mol. The first-order valence-electron chi connectivity index (χ1n) is 10.9. The minimum atomic E-state index is -0.393. The summed E-state index contributed by atoms with van der Waals surface area (Å²) in [5, 5.41) is 2.87. The molecule has 1 N–H and O–H groups in total. The van der Waals surface area contributed by atoms with Gasteiger partial charge in [-0.15, -0.1) is 0 Å². The maximum absolute atomic E-state index is 13.2. The second kappa shape index (κ2) is 9.70. The Morgan fingerprint density at radius 3 is 2.49 bits per heavy atom. The van der Waals surface area contributed by atoms with E-state index in [2.05, 4.69) is 16.1 Å². The minimum absolute atomic E-state index is 0.281. The molecule has 0 aliphatic carbocycles. The standard InChI is InChI=1S/C27H20ClN3O2S2/c1-17-21(20-12-6-8-14-23(20)30(17)16-19-11-5-7-13-22(19)28)15-24-26(33)31(27(34)35-24)29-25(32)18-9-3-2-4-10-18/h2-15H,16H2,1H3,(H,29,32). The number of hydrazine groups is 1. The summed E-state index contributed by atoms with van der Waals surface area (Å²) in [6, 6.07) is 24.6. The number of carbonyl (C=O) groups excluding carboxylic acids is 2. The van der Waals surface area contributed by atoms with Crippen LogP contribution >= 0.6 is 35.6 Å². The Bertz CT molecular complexity index is 1510. The highest BCUT2D eigenvalue weighted by Gasteiger charge is 2.34.